The normalized spacial score (nSPS) is 17.6. The van der Waals surface area contributed by atoms with Gasteiger partial charge in [-0.25, -0.2) is 28.4 Å². The van der Waals surface area contributed by atoms with Gasteiger partial charge in [0.15, 0.2) is 0 Å². The average molecular weight is 560 g/mol. The molecule has 5 rings (SSSR count). The number of phosphoric ester groups is 1. The third kappa shape index (κ3) is 6.26. The number of pyridine rings is 1. The molecule has 3 aromatic rings. The summed E-state index contributed by atoms with van der Waals surface area (Å²) in [5.74, 6) is -0.749. The maximum atomic E-state index is 15.1. The first-order valence-electron chi connectivity index (χ1n) is 11.6. The monoisotopic (exact) mass is 560 g/mol. The number of hydrogen-bond acceptors (Lipinski definition) is 10. The molecule has 1 fully saturated rings. The summed E-state index contributed by atoms with van der Waals surface area (Å²) in [5.41, 5.74) is 1.16. The predicted octanol–water partition coefficient (Wildman–Crippen LogP) is 1.21. The van der Waals surface area contributed by atoms with Crippen molar-refractivity contribution >= 4 is 37.7 Å². The first-order valence-corrected chi connectivity index (χ1v) is 13.1. The van der Waals surface area contributed by atoms with Gasteiger partial charge in [-0.05, 0) is 30.3 Å². The van der Waals surface area contributed by atoms with Crippen molar-refractivity contribution in [3.63, 3.8) is 0 Å². The Balaban J connectivity index is 1.21. The molecule has 2 N–H and O–H groups in total. The fraction of sp³-hybridized carbons (Fsp3) is 0.273. The molecule has 1 atom stereocenters. The molecule has 1 saturated heterocycles. The number of cyclic esters (lactones) is 1. The van der Waals surface area contributed by atoms with Gasteiger partial charge in [0.05, 0.1) is 31.5 Å². The summed E-state index contributed by atoms with van der Waals surface area (Å²) in [6, 6.07) is 7.80. The highest BCUT2D eigenvalue weighted by atomic mass is 31.2. The van der Waals surface area contributed by atoms with Crippen LogP contribution in [0.15, 0.2) is 54.0 Å². The number of carbonyl (C=O) groups is 2. The van der Waals surface area contributed by atoms with E-state index < -0.39 is 38.4 Å². The average Bonchev–Trinajstić information content (AvgIpc) is 3.56. The molecule has 0 spiro atoms. The van der Waals surface area contributed by atoms with E-state index >= 15 is 4.39 Å². The first kappa shape index (κ1) is 26.4. The van der Waals surface area contributed by atoms with Crippen LogP contribution in [-0.2, 0) is 25.2 Å². The Hall–Kier alpha value is -4.24. The zero-order valence-electron chi connectivity index (χ0n) is 20.1. The van der Waals surface area contributed by atoms with Crippen LogP contribution < -0.4 is 9.80 Å². The molecule has 39 heavy (non-hydrogen) atoms. The fourth-order valence-corrected chi connectivity index (χ4v) is 4.29. The second-order valence-corrected chi connectivity index (χ2v) is 9.76. The zero-order chi connectivity index (χ0) is 27.6. The van der Waals surface area contributed by atoms with Crippen molar-refractivity contribution in [3.8, 4) is 11.1 Å². The van der Waals surface area contributed by atoms with Crippen LogP contribution in [0.5, 0.6) is 0 Å². The van der Waals surface area contributed by atoms with Gasteiger partial charge in [-0.15, -0.1) is 5.10 Å². The Morgan fingerprint density at radius 3 is 2.72 bits per heavy atom. The Morgan fingerprint density at radius 2 is 2.08 bits per heavy atom. The van der Waals surface area contributed by atoms with Gasteiger partial charge in [0.1, 0.15) is 30.7 Å². The molecular weight excluding hydrogens is 538 g/mol. The maximum absolute atomic E-state index is 15.1. The van der Waals surface area contributed by atoms with E-state index in [1.165, 1.54) is 29.7 Å². The van der Waals surface area contributed by atoms with Gasteiger partial charge in [0.25, 0.3) is 5.91 Å². The molecule has 2 aromatic heterocycles. The quantitative estimate of drug-likeness (QED) is 0.379. The third-order valence-corrected chi connectivity index (χ3v) is 6.35. The minimum atomic E-state index is -4.76. The molecule has 0 bridgehead atoms. The van der Waals surface area contributed by atoms with Crippen LogP contribution in [0.2, 0.25) is 0 Å². The summed E-state index contributed by atoms with van der Waals surface area (Å²) in [6.07, 6.45) is 5.00. The first-order chi connectivity index (χ1) is 18.7. The number of benzene rings is 1. The number of nitrogens with zero attached hydrogens (tertiary/aromatic N) is 8. The molecule has 0 radical (unpaired) electrons. The van der Waals surface area contributed by atoms with Crippen LogP contribution in [0.25, 0.3) is 11.1 Å². The van der Waals surface area contributed by atoms with Gasteiger partial charge in [0.2, 0.25) is 0 Å². The molecule has 0 aliphatic carbocycles. The fourth-order valence-electron chi connectivity index (χ4n) is 4.01. The number of halogens is 1. The van der Waals surface area contributed by atoms with Gasteiger partial charge in [0, 0.05) is 30.1 Å². The van der Waals surface area contributed by atoms with Crippen molar-refractivity contribution in [2.45, 2.75) is 12.6 Å². The summed E-state index contributed by atoms with van der Waals surface area (Å²) >= 11 is 0. The van der Waals surface area contributed by atoms with Gasteiger partial charge < -0.3 is 19.4 Å². The number of aromatic nitrogens is 4. The van der Waals surface area contributed by atoms with E-state index in [2.05, 4.69) is 24.9 Å². The largest absolute Gasteiger partial charge is 0.470 e. The second kappa shape index (κ2) is 10.9. The molecule has 0 unspecified atom stereocenters. The minimum absolute atomic E-state index is 0.137. The summed E-state index contributed by atoms with van der Waals surface area (Å²) in [7, 11) is -4.76. The highest BCUT2D eigenvalue weighted by molar-refractivity contribution is 7.46. The van der Waals surface area contributed by atoms with Crippen molar-refractivity contribution in [2.75, 3.05) is 36.0 Å². The summed E-state index contributed by atoms with van der Waals surface area (Å²) in [5, 5.41) is 12.6. The molecule has 1 aromatic carbocycles. The van der Waals surface area contributed by atoms with Crippen LogP contribution in [0.1, 0.15) is 0 Å². The Morgan fingerprint density at radius 1 is 1.23 bits per heavy atom. The molecule has 2 amide bonds. The van der Waals surface area contributed by atoms with Crippen LogP contribution in [0.4, 0.5) is 20.7 Å². The number of carbonyl (C=O) groups excluding carboxylic acids is 2. The van der Waals surface area contributed by atoms with E-state index in [9.17, 15) is 14.2 Å². The Kier molecular flexibility index (Phi) is 7.34. The lowest BCUT2D eigenvalue weighted by atomic mass is 10.1. The minimum Gasteiger partial charge on any atom is -0.442 e. The summed E-state index contributed by atoms with van der Waals surface area (Å²) < 4.78 is 36.9. The van der Waals surface area contributed by atoms with Gasteiger partial charge in [-0.3, -0.25) is 14.2 Å². The van der Waals surface area contributed by atoms with Crippen molar-refractivity contribution in [1.29, 1.82) is 0 Å². The number of anilines is 2. The molecule has 0 saturated carbocycles. The third-order valence-electron chi connectivity index (χ3n) is 5.88. The predicted molar refractivity (Wildman–Crippen MR) is 133 cm³/mol. The number of phosphoric acid groups is 1. The summed E-state index contributed by atoms with van der Waals surface area (Å²) in [6.45, 7) is 0.219. The zero-order valence-corrected chi connectivity index (χ0v) is 21.0. The maximum Gasteiger partial charge on any atom is 0.470 e. The standard InChI is InChI=1S/C22H22FN8O7P/c23-19-9-16(30-12-17(38-22(30)33)11-29-6-5-25-27-29)2-3-18(19)15-1-4-20(24-10-15)28-7-8-31(26-14-28)21(32)13-37-39(34,35)36/h1-6,9-10,14,17H,7-8,11-13H2,(H2,34,35,36)/t17-/m0/s1. The van der Waals surface area contributed by atoms with Gasteiger partial charge in [-0.1, -0.05) is 5.21 Å². The highest BCUT2D eigenvalue weighted by Gasteiger charge is 2.33. The topological polar surface area (TPSA) is 176 Å². The SMILES string of the molecule is O=C(COP(=O)(O)O)N1CCN(c2ccc(-c3ccc(N4C[C@H](Cn5ccnn5)OC4=O)cc3F)cn2)C=N1. The smallest absolute Gasteiger partial charge is 0.442 e. The van der Waals surface area contributed by atoms with Crippen molar-refractivity contribution in [1.82, 2.24) is 25.0 Å². The number of rotatable bonds is 8. The van der Waals surface area contributed by atoms with Crippen molar-refractivity contribution < 1.29 is 37.6 Å². The molecule has 204 valence electrons. The lowest BCUT2D eigenvalue weighted by molar-refractivity contribution is -0.134. The molecule has 17 heteroatoms. The molecule has 2 aliphatic heterocycles. The van der Waals surface area contributed by atoms with Crippen LogP contribution in [0, 0.1) is 5.82 Å². The van der Waals surface area contributed by atoms with E-state index in [4.69, 9.17) is 14.5 Å². The highest BCUT2D eigenvalue weighted by Crippen LogP contribution is 2.35. The molecule has 2 aliphatic rings. The van der Waals surface area contributed by atoms with E-state index in [0.29, 0.717) is 35.7 Å². The number of hydrogen-bond donors (Lipinski definition) is 2. The van der Waals surface area contributed by atoms with Crippen molar-refractivity contribution in [3.05, 3.63) is 54.7 Å². The molecular formula is C22H22FN8O7P. The lowest BCUT2D eigenvalue weighted by Crippen LogP contribution is -2.42. The lowest BCUT2D eigenvalue weighted by Gasteiger charge is -2.28. The number of ether oxygens (including phenoxy) is 1. The van der Waals surface area contributed by atoms with E-state index in [1.807, 2.05) is 0 Å². The van der Waals surface area contributed by atoms with E-state index in [-0.39, 0.29) is 13.1 Å². The molecule has 15 nitrogen and oxygen atoms in total. The van der Waals surface area contributed by atoms with Crippen LogP contribution in [-0.4, -0.2) is 85.5 Å². The number of hydrazone groups is 1. The Labute approximate surface area is 220 Å². The Bertz CT molecular complexity index is 1430. The molecule has 4 heterocycles. The van der Waals surface area contributed by atoms with E-state index in [1.54, 1.807) is 40.0 Å². The number of amides is 2. The van der Waals surface area contributed by atoms with Gasteiger partial charge in [-0.2, -0.15) is 5.10 Å². The second-order valence-electron chi connectivity index (χ2n) is 8.52. The van der Waals surface area contributed by atoms with Crippen LogP contribution >= 0.6 is 7.82 Å². The summed E-state index contributed by atoms with van der Waals surface area (Å²) in [4.78, 5) is 49.1. The van der Waals surface area contributed by atoms with Crippen LogP contribution in [0.3, 0.4) is 0 Å². The van der Waals surface area contributed by atoms with Gasteiger partial charge >= 0.3 is 13.9 Å². The van der Waals surface area contributed by atoms with E-state index in [0.717, 1.165) is 5.01 Å². The van der Waals surface area contributed by atoms with Crippen molar-refractivity contribution in [2.24, 2.45) is 5.10 Å².